The Morgan fingerprint density at radius 3 is 2.67 bits per heavy atom. The molecule has 0 aliphatic carbocycles. The SMILES string of the molecule is N#Cc1ccnc(Oc2ccc3cc(Br)ccc3c2)c1N. The number of rotatable bonds is 2. The van der Waals surface area contributed by atoms with Gasteiger partial charge in [0.1, 0.15) is 17.5 Å². The number of ether oxygens (including phenoxy) is 1. The van der Waals surface area contributed by atoms with Crippen molar-refractivity contribution in [3.05, 3.63) is 58.7 Å². The third-order valence-corrected chi connectivity index (χ3v) is 3.56. The molecular formula is C16H10BrN3O. The van der Waals surface area contributed by atoms with E-state index in [-0.39, 0.29) is 11.6 Å². The van der Waals surface area contributed by atoms with Crippen LogP contribution in [0.2, 0.25) is 0 Å². The van der Waals surface area contributed by atoms with Crippen LogP contribution in [0.15, 0.2) is 53.1 Å². The average Bonchev–Trinajstić information content (AvgIpc) is 2.49. The van der Waals surface area contributed by atoms with Gasteiger partial charge in [0.05, 0.1) is 5.56 Å². The molecule has 2 aromatic carbocycles. The van der Waals surface area contributed by atoms with Gasteiger partial charge in [0, 0.05) is 10.7 Å². The first-order chi connectivity index (χ1) is 10.2. The van der Waals surface area contributed by atoms with Crippen LogP contribution in [-0.4, -0.2) is 4.98 Å². The topological polar surface area (TPSA) is 71.9 Å². The predicted molar refractivity (Wildman–Crippen MR) is 85.1 cm³/mol. The van der Waals surface area contributed by atoms with Crippen molar-refractivity contribution >= 4 is 32.4 Å². The van der Waals surface area contributed by atoms with Crippen LogP contribution < -0.4 is 10.5 Å². The van der Waals surface area contributed by atoms with Crippen LogP contribution >= 0.6 is 15.9 Å². The maximum Gasteiger partial charge on any atom is 0.244 e. The molecule has 0 unspecified atom stereocenters. The molecule has 21 heavy (non-hydrogen) atoms. The fourth-order valence-corrected chi connectivity index (χ4v) is 2.38. The summed E-state index contributed by atoms with van der Waals surface area (Å²) in [7, 11) is 0. The summed E-state index contributed by atoms with van der Waals surface area (Å²) in [6, 6.07) is 15.3. The van der Waals surface area contributed by atoms with Crippen molar-refractivity contribution in [3.8, 4) is 17.7 Å². The lowest BCUT2D eigenvalue weighted by Crippen LogP contribution is -1.97. The minimum absolute atomic E-state index is 0.241. The molecule has 0 saturated carbocycles. The molecule has 5 heteroatoms. The fourth-order valence-electron chi connectivity index (χ4n) is 2.00. The van der Waals surface area contributed by atoms with Gasteiger partial charge in [-0.05, 0) is 41.1 Å². The number of aromatic nitrogens is 1. The zero-order valence-corrected chi connectivity index (χ0v) is 12.5. The molecule has 1 aromatic heterocycles. The van der Waals surface area contributed by atoms with E-state index in [1.807, 2.05) is 42.5 Å². The molecule has 4 nitrogen and oxygen atoms in total. The number of pyridine rings is 1. The normalized spacial score (nSPS) is 10.3. The fraction of sp³-hybridized carbons (Fsp3) is 0. The minimum atomic E-state index is 0.241. The summed E-state index contributed by atoms with van der Waals surface area (Å²) in [5, 5.41) is 11.1. The molecule has 0 aliphatic rings. The minimum Gasteiger partial charge on any atom is -0.437 e. The maximum absolute atomic E-state index is 8.96. The molecule has 0 radical (unpaired) electrons. The number of fused-ring (bicyclic) bond motifs is 1. The van der Waals surface area contributed by atoms with Gasteiger partial charge in [0.2, 0.25) is 5.88 Å². The molecule has 0 bridgehead atoms. The molecule has 0 atom stereocenters. The summed E-state index contributed by atoms with van der Waals surface area (Å²) in [5.41, 5.74) is 6.46. The zero-order chi connectivity index (χ0) is 14.8. The lowest BCUT2D eigenvalue weighted by Gasteiger charge is -2.09. The molecule has 2 N–H and O–H groups in total. The molecule has 1 heterocycles. The number of hydrogen-bond donors (Lipinski definition) is 1. The van der Waals surface area contributed by atoms with Crippen molar-refractivity contribution < 1.29 is 4.74 Å². The van der Waals surface area contributed by atoms with E-state index in [9.17, 15) is 0 Å². The van der Waals surface area contributed by atoms with Crippen molar-refractivity contribution in [2.45, 2.75) is 0 Å². The first-order valence-corrected chi connectivity index (χ1v) is 6.98. The monoisotopic (exact) mass is 339 g/mol. The first-order valence-electron chi connectivity index (χ1n) is 6.19. The Labute approximate surface area is 129 Å². The summed E-state index contributed by atoms with van der Waals surface area (Å²) in [4.78, 5) is 4.07. The maximum atomic E-state index is 8.96. The number of nitrogens with two attached hydrogens (primary N) is 1. The lowest BCUT2D eigenvalue weighted by molar-refractivity contribution is 0.466. The highest BCUT2D eigenvalue weighted by atomic mass is 79.9. The second-order valence-corrected chi connectivity index (χ2v) is 5.36. The highest BCUT2D eigenvalue weighted by Gasteiger charge is 2.08. The molecule has 0 saturated heterocycles. The van der Waals surface area contributed by atoms with Crippen LogP contribution in [0.25, 0.3) is 10.8 Å². The Morgan fingerprint density at radius 2 is 1.86 bits per heavy atom. The van der Waals surface area contributed by atoms with Gasteiger partial charge in [-0.2, -0.15) is 5.26 Å². The second-order valence-electron chi connectivity index (χ2n) is 4.44. The Bertz CT molecular complexity index is 871. The van der Waals surface area contributed by atoms with Crippen LogP contribution in [0.1, 0.15) is 5.56 Å². The van der Waals surface area contributed by atoms with E-state index >= 15 is 0 Å². The Kier molecular flexibility index (Phi) is 3.46. The quantitative estimate of drug-likeness (QED) is 0.757. The molecule has 0 aliphatic heterocycles. The van der Waals surface area contributed by atoms with Gasteiger partial charge in [-0.3, -0.25) is 0 Å². The van der Waals surface area contributed by atoms with E-state index in [1.54, 1.807) is 6.07 Å². The molecule has 0 fully saturated rings. The number of anilines is 1. The van der Waals surface area contributed by atoms with Crippen LogP contribution in [0.3, 0.4) is 0 Å². The van der Waals surface area contributed by atoms with Gasteiger partial charge in [0.25, 0.3) is 0 Å². The molecule has 3 aromatic rings. The number of nitrogen functional groups attached to an aromatic ring is 1. The third-order valence-electron chi connectivity index (χ3n) is 3.06. The van der Waals surface area contributed by atoms with Crippen LogP contribution in [0, 0.1) is 11.3 Å². The van der Waals surface area contributed by atoms with Gasteiger partial charge in [-0.1, -0.05) is 28.1 Å². The Balaban J connectivity index is 1.99. The summed E-state index contributed by atoms with van der Waals surface area (Å²) < 4.78 is 6.72. The third kappa shape index (κ3) is 2.67. The zero-order valence-electron chi connectivity index (χ0n) is 10.9. The van der Waals surface area contributed by atoms with Crippen LogP contribution in [-0.2, 0) is 0 Å². The lowest BCUT2D eigenvalue weighted by atomic mass is 10.1. The number of hydrogen-bond acceptors (Lipinski definition) is 4. The molecule has 102 valence electrons. The highest BCUT2D eigenvalue weighted by molar-refractivity contribution is 9.10. The van der Waals surface area contributed by atoms with Gasteiger partial charge >= 0.3 is 0 Å². The first kappa shape index (κ1) is 13.4. The summed E-state index contributed by atoms with van der Waals surface area (Å²) >= 11 is 3.44. The average molecular weight is 340 g/mol. The summed E-state index contributed by atoms with van der Waals surface area (Å²) in [6.45, 7) is 0. The van der Waals surface area contributed by atoms with Crippen molar-refractivity contribution in [2.24, 2.45) is 0 Å². The van der Waals surface area contributed by atoms with Crippen molar-refractivity contribution in [2.75, 3.05) is 5.73 Å². The van der Waals surface area contributed by atoms with E-state index in [4.69, 9.17) is 15.7 Å². The molecule has 0 amide bonds. The number of benzene rings is 2. The van der Waals surface area contributed by atoms with E-state index < -0.39 is 0 Å². The van der Waals surface area contributed by atoms with E-state index in [1.165, 1.54) is 6.20 Å². The van der Waals surface area contributed by atoms with Gasteiger partial charge in [0.15, 0.2) is 0 Å². The van der Waals surface area contributed by atoms with Crippen LogP contribution in [0.5, 0.6) is 11.6 Å². The highest BCUT2D eigenvalue weighted by Crippen LogP contribution is 2.30. The second kappa shape index (κ2) is 5.43. The van der Waals surface area contributed by atoms with E-state index in [0.29, 0.717) is 11.3 Å². The molecule has 0 spiro atoms. The summed E-state index contributed by atoms with van der Waals surface area (Å²) in [6.07, 6.45) is 1.50. The molecular weight excluding hydrogens is 330 g/mol. The summed E-state index contributed by atoms with van der Waals surface area (Å²) in [5.74, 6) is 0.865. The Hall–Kier alpha value is -2.58. The van der Waals surface area contributed by atoms with E-state index in [0.717, 1.165) is 15.2 Å². The predicted octanol–water partition coefficient (Wildman–Crippen LogP) is 4.24. The number of halogens is 1. The largest absolute Gasteiger partial charge is 0.437 e. The smallest absolute Gasteiger partial charge is 0.244 e. The van der Waals surface area contributed by atoms with Crippen molar-refractivity contribution in [3.63, 3.8) is 0 Å². The van der Waals surface area contributed by atoms with E-state index in [2.05, 4.69) is 20.9 Å². The standard InChI is InChI=1S/C16H10BrN3O/c17-13-3-1-11-8-14(4-2-10(11)7-13)21-16-15(19)12(9-18)5-6-20-16/h1-8H,19H2. The van der Waals surface area contributed by atoms with Gasteiger partial charge in [-0.15, -0.1) is 0 Å². The Morgan fingerprint density at radius 1 is 1.10 bits per heavy atom. The number of nitriles is 1. The van der Waals surface area contributed by atoms with Crippen molar-refractivity contribution in [1.29, 1.82) is 5.26 Å². The number of nitrogens with zero attached hydrogens (tertiary/aromatic N) is 2. The van der Waals surface area contributed by atoms with Crippen LogP contribution in [0.4, 0.5) is 5.69 Å². The molecule has 3 rings (SSSR count). The van der Waals surface area contributed by atoms with Gasteiger partial charge < -0.3 is 10.5 Å². The van der Waals surface area contributed by atoms with Gasteiger partial charge in [-0.25, -0.2) is 4.98 Å². The van der Waals surface area contributed by atoms with Crippen molar-refractivity contribution in [1.82, 2.24) is 4.98 Å².